The fraction of sp³-hybridized carbons (Fsp3) is 0.471. The van der Waals surface area contributed by atoms with Gasteiger partial charge in [0.05, 0.1) is 11.9 Å². The van der Waals surface area contributed by atoms with Crippen LogP contribution in [0.3, 0.4) is 0 Å². The van der Waals surface area contributed by atoms with Crippen LogP contribution in [0.4, 0.5) is 5.82 Å². The highest BCUT2D eigenvalue weighted by Crippen LogP contribution is 2.24. The molecule has 1 aliphatic rings. The topological polar surface area (TPSA) is 53.9 Å². The van der Waals surface area contributed by atoms with Gasteiger partial charge in [-0.2, -0.15) is 0 Å². The van der Waals surface area contributed by atoms with Gasteiger partial charge in [-0.1, -0.05) is 6.07 Å². The molecule has 1 N–H and O–H groups in total. The lowest BCUT2D eigenvalue weighted by atomic mass is 9.95. The number of aromatic nitrogens is 3. The Bertz CT molecular complexity index is 587. The lowest BCUT2D eigenvalue weighted by molar-refractivity contribution is 0.248. The number of rotatable bonds is 5. The van der Waals surface area contributed by atoms with E-state index in [9.17, 15) is 0 Å². The normalized spacial score (nSPS) is 19.0. The zero-order chi connectivity index (χ0) is 15.2. The number of hydrogen-bond donors (Lipinski definition) is 1. The number of nitrogens with zero attached hydrogens (tertiary/aromatic N) is 4. The second-order valence-corrected chi connectivity index (χ2v) is 5.93. The summed E-state index contributed by atoms with van der Waals surface area (Å²) in [6.07, 6.45) is 8.87. The Morgan fingerprint density at radius 1 is 1.32 bits per heavy atom. The third-order valence-electron chi connectivity index (χ3n) is 4.11. The van der Waals surface area contributed by atoms with E-state index in [4.69, 9.17) is 4.98 Å². The summed E-state index contributed by atoms with van der Waals surface area (Å²) < 4.78 is 0. The average Bonchev–Trinajstić information content (AvgIpc) is 2.56. The highest BCUT2D eigenvalue weighted by atomic mass is 15.1. The van der Waals surface area contributed by atoms with Gasteiger partial charge in [0.15, 0.2) is 0 Å². The molecule has 1 atom stereocenters. The van der Waals surface area contributed by atoms with Crippen molar-refractivity contribution in [2.45, 2.75) is 25.2 Å². The van der Waals surface area contributed by atoms with E-state index in [1.165, 1.54) is 19.4 Å². The molecule has 3 rings (SSSR count). The van der Waals surface area contributed by atoms with E-state index in [1.54, 1.807) is 6.20 Å². The van der Waals surface area contributed by atoms with Gasteiger partial charge in [-0.25, -0.2) is 4.98 Å². The van der Waals surface area contributed by atoms with Crippen LogP contribution >= 0.6 is 0 Å². The Morgan fingerprint density at radius 2 is 2.27 bits per heavy atom. The van der Waals surface area contributed by atoms with Crippen LogP contribution in [-0.4, -0.2) is 46.5 Å². The fourth-order valence-corrected chi connectivity index (χ4v) is 2.94. The van der Waals surface area contributed by atoms with Gasteiger partial charge in [-0.15, -0.1) is 0 Å². The molecule has 0 aromatic carbocycles. The molecule has 0 aliphatic carbocycles. The first kappa shape index (κ1) is 14.9. The first-order chi connectivity index (χ1) is 10.8. The molecule has 2 aromatic heterocycles. The highest BCUT2D eigenvalue weighted by Gasteiger charge is 2.20. The van der Waals surface area contributed by atoms with Crippen LogP contribution in [0.5, 0.6) is 0 Å². The Balaban J connectivity index is 1.57. The molecule has 1 saturated heterocycles. The summed E-state index contributed by atoms with van der Waals surface area (Å²) in [6, 6.07) is 6.00. The van der Waals surface area contributed by atoms with E-state index in [2.05, 4.69) is 27.2 Å². The van der Waals surface area contributed by atoms with E-state index in [-0.39, 0.29) is 0 Å². The Hall–Kier alpha value is -2.01. The highest BCUT2D eigenvalue weighted by molar-refractivity contribution is 5.32. The van der Waals surface area contributed by atoms with Crippen molar-refractivity contribution < 1.29 is 0 Å². The quantitative estimate of drug-likeness (QED) is 0.918. The molecule has 0 radical (unpaired) electrons. The summed E-state index contributed by atoms with van der Waals surface area (Å²) in [5.41, 5.74) is 2.20. The molecular formula is C17H23N5. The summed E-state index contributed by atoms with van der Waals surface area (Å²) in [5, 5.41) is 3.36. The minimum atomic E-state index is 0.504. The number of anilines is 1. The lowest BCUT2D eigenvalue weighted by Crippen LogP contribution is -2.31. The van der Waals surface area contributed by atoms with Crippen LogP contribution in [0.15, 0.2) is 36.8 Å². The summed E-state index contributed by atoms with van der Waals surface area (Å²) in [7, 11) is 2.18. The van der Waals surface area contributed by atoms with Gasteiger partial charge in [0.25, 0.3) is 0 Å². The fourth-order valence-electron chi connectivity index (χ4n) is 2.94. The van der Waals surface area contributed by atoms with Crippen molar-refractivity contribution in [2.75, 3.05) is 32.0 Å². The number of likely N-dealkylation sites (tertiary alicyclic amines) is 1. The van der Waals surface area contributed by atoms with Crippen LogP contribution in [0.2, 0.25) is 0 Å². The molecule has 2 aromatic rings. The second kappa shape index (κ2) is 7.31. The molecule has 0 unspecified atom stereocenters. The van der Waals surface area contributed by atoms with Crippen LogP contribution in [0.1, 0.15) is 30.1 Å². The molecule has 0 bridgehead atoms. The van der Waals surface area contributed by atoms with Crippen LogP contribution < -0.4 is 5.32 Å². The first-order valence-electron chi connectivity index (χ1n) is 7.95. The van der Waals surface area contributed by atoms with E-state index < -0.39 is 0 Å². The molecule has 5 heteroatoms. The number of piperidine rings is 1. The van der Waals surface area contributed by atoms with Crippen molar-refractivity contribution in [2.24, 2.45) is 0 Å². The molecular weight excluding hydrogens is 274 g/mol. The van der Waals surface area contributed by atoms with E-state index >= 15 is 0 Å². The third kappa shape index (κ3) is 4.01. The van der Waals surface area contributed by atoms with E-state index in [0.717, 1.165) is 36.7 Å². The number of nitrogens with one attached hydrogen (secondary N) is 1. The third-order valence-corrected chi connectivity index (χ3v) is 4.11. The molecule has 5 nitrogen and oxygen atoms in total. The molecule has 22 heavy (non-hydrogen) atoms. The number of hydrogen-bond acceptors (Lipinski definition) is 5. The smallest absolute Gasteiger partial charge is 0.144 e. The van der Waals surface area contributed by atoms with Crippen LogP contribution in [0.25, 0.3) is 0 Å². The number of likely N-dealkylation sites (N-methyl/N-ethyl adjacent to an activating group) is 1. The van der Waals surface area contributed by atoms with Gasteiger partial charge < -0.3 is 10.2 Å². The first-order valence-corrected chi connectivity index (χ1v) is 7.95. The summed E-state index contributed by atoms with van der Waals surface area (Å²) >= 11 is 0. The molecule has 0 saturated carbocycles. The van der Waals surface area contributed by atoms with Crippen molar-refractivity contribution in [3.8, 4) is 0 Å². The largest absolute Gasteiger partial charge is 0.368 e. The van der Waals surface area contributed by atoms with Crippen LogP contribution in [0, 0.1) is 0 Å². The molecule has 3 heterocycles. The van der Waals surface area contributed by atoms with Gasteiger partial charge in [0.2, 0.25) is 0 Å². The Kier molecular flexibility index (Phi) is 4.96. The number of pyridine rings is 1. The predicted molar refractivity (Wildman–Crippen MR) is 87.9 cm³/mol. The average molecular weight is 297 g/mol. The molecule has 116 valence electrons. The second-order valence-electron chi connectivity index (χ2n) is 5.93. The zero-order valence-electron chi connectivity index (χ0n) is 13.1. The SMILES string of the molecule is CN1CCC[C@@H](c2cncc(NCCc3ccccn3)n2)C1. The van der Waals surface area contributed by atoms with Gasteiger partial charge in [0, 0.05) is 43.5 Å². The van der Waals surface area contributed by atoms with Crippen LogP contribution in [-0.2, 0) is 6.42 Å². The molecule has 1 fully saturated rings. The van der Waals surface area contributed by atoms with Crippen molar-refractivity contribution in [1.82, 2.24) is 19.9 Å². The van der Waals surface area contributed by atoms with Gasteiger partial charge in [-0.3, -0.25) is 9.97 Å². The predicted octanol–water partition coefficient (Wildman–Crippen LogP) is 2.34. The molecule has 1 aliphatic heterocycles. The summed E-state index contributed by atoms with van der Waals surface area (Å²) in [4.78, 5) is 15.8. The Labute approximate surface area is 131 Å². The molecule has 0 spiro atoms. The van der Waals surface area contributed by atoms with Gasteiger partial charge >= 0.3 is 0 Å². The summed E-state index contributed by atoms with van der Waals surface area (Å²) in [6.45, 7) is 3.08. The maximum absolute atomic E-state index is 4.74. The Morgan fingerprint density at radius 3 is 3.09 bits per heavy atom. The van der Waals surface area contributed by atoms with Crippen molar-refractivity contribution in [3.05, 3.63) is 48.2 Å². The lowest BCUT2D eigenvalue weighted by Gasteiger charge is -2.29. The summed E-state index contributed by atoms with van der Waals surface area (Å²) in [5.74, 6) is 1.37. The standard InChI is InChI=1S/C17H23N5/c1-22-10-4-5-14(13-22)16-11-18-12-17(21-16)20-9-7-15-6-2-3-8-19-15/h2-3,6,8,11-12,14H,4-5,7,9-10,13H2,1H3,(H,20,21)/t14-/m1/s1. The maximum Gasteiger partial charge on any atom is 0.144 e. The van der Waals surface area contributed by atoms with E-state index in [0.29, 0.717) is 5.92 Å². The zero-order valence-corrected chi connectivity index (χ0v) is 13.1. The van der Waals surface area contributed by atoms with E-state index in [1.807, 2.05) is 30.6 Å². The monoisotopic (exact) mass is 297 g/mol. The van der Waals surface area contributed by atoms with Crippen molar-refractivity contribution in [1.29, 1.82) is 0 Å². The molecule has 0 amide bonds. The minimum Gasteiger partial charge on any atom is -0.368 e. The van der Waals surface area contributed by atoms with Crippen molar-refractivity contribution in [3.63, 3.8) is 0 Å². The van der Waals surface area contributed by atoms with Crippen molar-refractivity contribution >= 4 is 5.82 Å². The maximum atomic E-state index is 4.74. The van der Waals surface area contributed by atoms with Gasteiger partial charge in [-0.05, 0) is 38.6 Å². The minimum absolute atomic E-state index is 0.504. The van der Waals surface area contributed by atoms with Gasteiger partial charge in [0.1, 0.15) is 5.82 Å².